The van der Waals surface area contributed by atoms with Gasteiger partial charge in [0, 0.05) is 37.3 Å². The zero-order chi connectivity index (χ0) is 14.1. The number of rotatable bonds is 2. The van der Waals surface area contributed by atoms with Gasteiger partial charge in [-0.15, -0.1) is 0 Å². The Morgan fingerprint density at radius 1 is 1.15 bits per heavy atom. The number of benzene rings is 1. The number of hydrogen-bond donors (Lipinski definition) is 0. The van der Waals surface area contributed by atoms with Crippen LogP contribution in [0.4, 0.5) is 5.69 Å². The molecule has 1 aromatic heterocycles. The van der Waals surface area contributed by atoms with Gasteiger partial charge in [-0.1, -0.05) is 18.5 Å². The van der Waals surface area contributed by atoms with Gasteiger partial charge in [0.05, 0.1) is 5.52 Å². The van der Waals surface area contributed by atoms with Crippen molar-refractivity contribution in [1.82, 2.24) is 14.9 Å². The lowest BCUT2D eigenvalue weighted by Gasteiger charge is -2.35. The van der Waals surface area contributed by atoms with Gasteiger partial charge in [-0.3, -0.25) is 0 Å². The van der Waals surface area contributed by atoms with Gasteiger partial charge in [-0.05, 0) is 31.7 Å². The normalized spacial score (nSPS) is 16.9. The second-order valence-corrected chi connectivity index (χ2v) is 5.54. The van der Waals surface area contributed by atoms with Crippen LogP contribution in [0.1, 0.15) is 12.7 Å². The summed E-state index contributed by atoms with van der Waals surface area (Å²) in [6.07, 6.45) is 0. The Morgan fingerprint density at radius 2 is 1.90 bits per heavy atom. The van der Waals surface area contributed by atoms with Crippen molar-refractivity contribution < 1.29 is 0 Å². The van der Waals surface area contributed by atoms with Crippen molar-refractivity contribution in [3.8, 4) is 0 Å². The molecular weight excluding hydrogens is 272 g/mol. The van der Waals surface area contributed by atoms with Crippen LogP contribution < -0.4 is 4.90 Å². The van der Waals surface area contributed by atoms with E-state index in [9.17, 15) is 0 Å². The fourth-order valence-corrected chi connectivity index (χ4v) is 2.99. The quantitative estimate of drug-likeness (QED) is 0.796. The minimum atomic E-state index is 0.537. The maximum Gasteiger partial charge on any atom is 0.140 e. The van der Waals surface area contributed by atoms with Crippen LogP contribution in [-0.2, 0) is 0 Å². The van der Waals surface area contributed by atoms with Crippen LogP contribution in [0.25, 0.3) is 10.9 Å². The molecule has 1 aliphatic rings. The van der Waals surface area contributed by atoms with E-state index in [1.807, 2.05) is 13.0 Å². The average molecular weight is 291 g/mol. The molecule has 106 valence electrons. The maximum atomic E-state index is 6.17. The van der Waals surface area contributed by atoms with E-state index >= 15 is 0 Å². The lowest BCUT2D eigenvalue weighted by molar-refractivity contribution is 0.271. The van der Waals surface area contributed by atoms with Crippen molar-refractivity contribution in [2.75, 3.05) is 37.6 Å². The fourth-order valence-electron chi connectivity index (χ4n) is 2.71. The predicted octanol–water partition coefficient (Wildman–Crippen LogP) is 2.73. The van der Waals surface area contributed by atoms with Crippen LogP contribution in [0, 0.1) is 6.92 Å². The first-order valence-corrected chi connectivity index (χ1v) is 7.46. The predicted molar refractivity (Wildman–Crippen MR) is 83.6 cm³/mol. The van der Waals surface area contributed by atoms with Crippen molar-refractivity contribution in [3.05, 3.63) is 29.2 Å². The van der Waals surface area contributed by atoms with Crippen molar-refractivity contribution in [2.45, 2.75) is 13.8 Å². The number of aromatic nitrogens is 2. The molecule has 1 saturated heterocycles. The maximum absolute atomic E-state index is 6.17. The van der Waals surface area contributed by atoms with Crippen LogP contribution in [-0.4, -0.2) is 47.6 Å². The highest BCUT2D eigenvalue weighted by molar-refractivity contribution is 6.34. The van der Waals surface area contributed by atoms with E-state index in [0.29, 0.717) is 5.15 Å². The van der Waals surface area contributed by atoms with E-state index in [-0.39, 0.29) is 0 Å². The highest BCUT2D eigenvalue weighted by Crippen LogP contribution is 2.26. The first-order chi connectivity index (χ1) is 9.67. The van der Waals surface area contributed by atoms with E-state index in [0.717, 1.165) is 49.5 Å². The monoisotopic (exact) mass is 290 g/mol. The van der Waals surface area contributed by atoms with Gasteiger partial charge in [0.2, 0.25) is 0 Å². The molecule has 0 N–H and O–H groups in total. The van der Waals surface area contributed by atoms with Gasteiger partial charge in [0.1, 0.15) is 11.0 Å². The third-order valence-corrected chi connectivity index (χ3v) is 4.22. The largest absolute Gasteiger partial charge is 0.369 e. The summed E-state index contributed by atoms with van der Waals surface area (Å²) in [6.45, 7) is 9.60. The Morgan fingerprint density at radius 3 is 2.60 bits per heavy atom. The molecule has 1 aliphatic heterocycles. The topological polar surface area (TPSA) is 32.3 Å². The smallest absolute Gasteiger partial charge is 0.140 e. The Balaban J connectivity index is 1.90. The Bertz CT molecular complexity index is 621. The number of fused-ring (bicyclic) bond motifs is 1. The third kappa shape index (κ3) is 2.58. The first-order valence-electron chi connectivity index (χ1n) is 7.08. The molecule has 0 amide bonds. The average Bonchev–Trinajstić information content (AvgIpc) is 2.46. The lowest BCUT2D eigenvalue weighted by Crippen LogP contribution is -2.46. The van der Waals surface area contributed by atoms with Crippen molar-refractivity contribution in [2.24, 2.45) is 0 Å². The highest BCUT2D eigenvalue weighted by atomic mass is 35.5. The molecule has 1 fully saturated rings. The van der Waals surface area contributed by atoms with E-state index in [1.165, 1.54) is 5.69 Å². The molecule has 0 radical (unpaired) electrons. The lowest BCUT2D eigenvalue weighted by atomic mass is 10.2. The van der Waals surface area contributed by atoms with Gasteiger partial charge in [-0.2, -0.15) is 0 Å². The molecule has 0 atom stereocenters. The van der Waals surface area contributed by atoms with Crippen LogP contribution >= 0.6 is 11.6 Å². The molecule has 1 aromatic carbocycles. The molecule has 4 nitrogen and oxygen atoms in total. The van der Waals surface area contributed by atoms with Gasteiger partial charge < -0.3 is 9.80 Å². The second-order valence-electron chi connectivity index (χ2n) is 5.18. The first kappa shape index (κ1) is 13.6. The minimum Gasteiger partial charge on any atom is -0.369 e. The van der Waals surface area contributed by atoms with Gasteiger partial charge in [0.15, 0.2) is 0 Å². The number of aryl methyl sites for hydroxylation is 1. The summed E-state index contributed by atoms with van der Waals surface area (Å²) < 4.78 is 0. The highest BCUT2D eigenvalue weighted by Gasteiger charge is 2.16. The van der Waals surface area contributed by atoms with Crippen LogP contribution in [0.15, 0.2) is 18.2 Å². The number of likely N-dealkylation sites (N-methyl/N-ethyl adjacent to an activating group) is 1. The molecule has 0 saturated carbocycles. The number of piperazine rings is 1. The van der Waals surface area contributed by atoms with Crippen molar-refractivity contribution >= 4 is 28.2 Å². The third-order valence-electron chi connectivity index (χ3n) is 3.93. The van der Waals surface area contributed by atoms with E-state index in [2.05, 4.69) is 38.8 Å². The molecule has 0 bridgehead atoms. The van der Waals surface area contributed by atoms with Crippen LogP contribution in [0.2, 0.25) is 5.15 Å². The fraction of sp³-hybridized carbons (Fsp3) is 0.467. The van der Waals surface area contributed by atoms with Gasteiger partial charge in [-0.25, -0.2) is 9.97 Å². The number of nitrogens with zero attached hydrogens (tertiary/aromatic N) is 4. The molecule has 0 unspecified atom stereocenters. The molecule has 5 heteroatoms. The van der Waals surface area contributed by atoms with Crippen LogP contribution in [0.3, 0.4) is 0 Å². The summed E-state index contributed by atoms with van der Waals surface area (Å²) in [5, 5.41) is 1.46. The van der Waals surface area contributed by atoms with Gasteiger partial charge in [0.25, 0.3) is 0 Å². The van der Waals surface area contributed by atoms with E-state index < -0.39 is 0 Å². The molecular formula is C15H19ClN4. The summed E-state index contributed by atoms with van der Waals surface area (Å²) in [7, 11) is 0. The summed E-state index contributed by atoms with van der Waals surface area (Å²) in [6, 6.07) is 6.27. The SMILES string of the molecule is CCN1CCN(c2ccc3c(Cl)nc(C)nc3c2)CC1. The van der Waals surface area contributed by atoms with Crippen molar-refractivity contribution in [3.63, 3.8) is 0 Å². The van der Waals surface area contributed by atoms with E-state index in [1.54, 1.807) is 0 Å². The Kier molecular flexibility index (Phi) is 3.76. The summed E-state index contributed by atoms with van der Waals surface area (Å²) in [5.74, 6) is 0.718. The number of hydrogen-bond acceptors (Lipinski definition) is 4. The number of anilines is 1. The summed E-state index contributed by atoms with van der Waals surface area (Å²) >= 11 is 6.17. The zero-order valence-electron chi connectivity index (χ0n) is 11.9. The van der Waals surface area contributed by atoms with Crippen LogP contribution in [0.5, 0.6) is 0 Å². The zero-order valence-corrected chi connectivity index (χ0v) is 12.7. The molecule has 0 spiro atoms. The molecule has 0 aliphatic carbocycles. The number of halogens is 1. The molecule has 2 aromatic rings. The van der Waals surface area contributed by atoms with Crippen molar-refractivity contribution in [1.29, 1.82) is 0 Å². The minimum absolute atomic E-state index is 0.537. The summed E-state index contributed by atoms with van der Waals surface area (Å²) in [5.41, 5.74) is 2.15. The van der Waals surface area contributed by atoms with E-state index in [4.69, 9.17) is 11.6 Å². The Labute approximate surface area is 124 Å². The molecule has 2 heterocycles. The Hall–Kier alpha value is -1.39. The standard InChI is InChI=1S/C15H19ClN4/c1-3-19-6-8-20(9-7-19)12-4-5-13-14(10-12)17-11(2)18-15(13)16/h4-5,10H,3,6-9H2,1-2H3. The van der Waals surface area contributed by atoms with Gasteiger partial charge >= 0.3 is 0 Å². The second kappa shape index (κ2) is 5.54. The summed E-state index contributed by atoms with van der Waals surface area (Å²) in [4.78, 5) is 13.6. The molecule has 20 heavy (non-hydrogen) atoms. The molecule has 3 rings (SSSR count).